The van der Waals surface area contributed by atoms with Gasteiger partial charge in [-0.2, -0.15) is 0 Å². The Kier molecular flexibility index (Phi) is 5.51. The Labute approximate surface area is 169 Å². The molecule has 2 nitrogen and oxygen atoms in total. The van der Waals surface area contributed by atoms with Crippen molar-refractivity contribution in [3.05, 3.63) is 46.1 Å². The van der Waals surface area contributed by atoms with Crippen molar-refractivity contribution < 1.29 is 24.7 Å². The standard InChI is InChI=1S/C22H33N2.Zr/c1-7-23(8-2)15-22(24(9-3)10-4)20-16(5)19(21(22)17(20)6)18-13-11-12-14-18;/h11-13H,7-10,14-15H2,1-6H3;. The molecule has 0 saturated heterocycles. The Morgan fingerprint density at radius 1 is 1.04 bits per heavy atom. The molecule has 0 spiro atoms. The molecule has 0 aromatic carbocycles. The van der Waals surface area contributed by atoms with Crippen LogP contribution in [0.2, 0.25) is 3.12 Å². The molecule has 0 N–H and O–H groups in total. The van der Waals surface area contributed by atoms with E-state index < -0.39 is 0 Å². The fourth-order valence-electron chi connectivity index (χ4n) is 5.59. The van der Waals surface area contributed by atoms with Crippen LogP contribution in [0.5, 0.6) is 0 Å². The molecule has 0 radical (unpaired) electrons. The molecule has 0 fully saturated rings. The van der Waals surface area contributed by atoms with Gasteiger partial charge in [-0.1, -0.05) is 0 Å². The molecule has 2 unspecified atom stereocenters. The Morgan fingerprint density at radius 2 is 1.68 bits per heavy atom. The summed E-state index contributed by atoms with van der Waals surface area (Å²) < 4.78 is 0.250. The van der Waals surface area contributed by atoms with E-state index in [1.54, 1.807) is 52.6 Å². The van der Waals surface area contributed by atoms with Gasteiger partial charge >= 0.3 is 170 Å². The number of rotatable bonds is 8. The predicted molar refractivity (Wildman–Crippen MR) is 103 cm³/mol. The minimum absolute atomic E-state index is 0.149. The number of nitrogens with zero attached hydrogens (tertiary/aromatic N) is 2. The number of allylic oxidation sites excluding steroid dienone is 5. The molecule has 0 aromatic rings. The zero-order chi connectivity index (χ0) is 18.4. The van der Waals surface area contributed by atoms with Crippen LogP contribution in [0, 0.1) is 0 Å². The molecule has 0 saturated carbocycles. The predicted octanol–water partition coefficient (Wildman–Crippen LogP) is 4.66. The molecule has 4 rings (SSSR count). The summed E-state index contributed by atoms with van der Waals surface area (Å²) in [5.41, 5.74) is 8.39. The first-order valence-corrected chi connectivity index (χ1v) is 11.2. The van der Waals surface area contributed by atoms with Gasteiger partial charge in [-0.15, -0.1) is 0 Å². The monoisotopic (exact) mass is 415 g/mol. The second-order valence-electron chi connectivity index (χ2n) is 7.69. The van der Waals surface area contributed by atoms with Crippen molar-refractivity contribution in [2.75, 3.05) is 32.7 Å². The quantitative estimate of drug-likeness (QED) is 0.568. The molecule has 2 bridgehead atoms. The second-order valence-corrected chi connectivity index (χ2v) is 10.2. The number of hydrogen-bond acceptors (Lipinski definition) is 2. The molecular weight excluding hydrogens is 383 g/mol. The van der Waals surface area contributed by atoms with Gasteiger partial charge in [0.15, 0.2) is 0 Å². The van der Waals surface area contributed by atoms with Crippen molar-refractivity contribution in [3.63, 3.8) is 0 Å². The van der Waals surface area contributed by atoms with Crippen LogP contribution in [0.25, 0.3) is 0 Å². The Bertz CT molecular complexity index is 672. The molecule has 0 aliphatic heterocycles. The topological polar surface area (TPSA) is 6.48 Å². The Hall–Kier alpha value is -0.237. The van der Waals surface area contributed by atoms with E-state index in [-0.39, 0.29) is 8.66 Å². The van der Waals surface area contributed by atoms with Gasteiger partial charge in [0.1, 0.15) is 0 Å². The van der Waals surface area contributed by atoms with E-state index in [0.29, 0.717) is 0 Å². The van der Waals surface area contributed by atoms with Crippen molar-refractivity contribution in [1.82, 2.24) is 9.80 Å². The fourth-order valence-corrected chi connectivity index (χ4v) is 7.26. The average Bonchev–Trinajstić information content (AvgIpc) is 3.22. The van der Waals surface area contributed by atoms with Gasteiger partial charge in [0.2, 0.25) is 0 Å². The first-order chi connectivity index (χ1) is 11.9. The van der Waals surface area contributed by atoms with Crippen molar-refractivity contribution >= 4 is 0 Å². The summed E-state index contributed by atoms with van der Waals surface area (Å²) in [5, 5.41) is 0. The summed E-state index contributed by atoms with van der Waals surface area (Å²) in [6, 6.07) is 0. The van der Waals surface area contributed by atoms with Crippen LogP contribution in [-0.4, -0.2) is 48.1 Å². The van der Waals surface area contributed by atoms with Gasteiger partial charge in [0.25, 0.3) is 0 Å². The third-order valence-electron chi connectivity index (χ3n) is 6.57. The van der Waals surface area contributed by atoms with Crippen LogP contribution < -0.4 is 0 Å². The fraction of sp³-hybridized carbons (Fsp3) is 0.636. The molecule has 0 aromatic heterocycles. The van der Waals surface area contributed by atoms with Crippen molar-refractivity contribution in [1.29, 1.82) is 0 Å². The summed E-state index contributed by atoms with van der Waals surface area (Å²) >= 11 is 1.64. The Balaban J connectivity index is 2.16. The maximum atomic E-state index is 2.74. The van der Waals surface area contributed by atoms with Crippen molar-refractivity contribution in [2.45, 2.75) is 56.6 Å². The summed E-state index contributed by atoms with van der Waals surface area (Å²) in [6.45, 7) is 19.8. The van der Waals surface area contributed by atoms with Crippen LogP contribution in [-0.2, 0) is 24.7 Å². The van der Waals surface area contributed by atoms with Crippen LogP contribution in [0.4, 0.5) is 0 Å². The minimum atomic E-state index is 0.149. The van der Waals surface area contributed by atoms with Crippen LogP contribution >= 0.6 is 0 Å². The van der Waals surface area contributed by atoms with Crippen LogP contribution in [0.1, 0.15) is 48.0 Å². The summed E-state index contributed by atoms with van der Waals surface area (Å²) in [5.74, 6) is 0. The molecule has 2 atom stereocenters. The molecule has 0 amide bonds. The van der Waals surface area contributed by atoms with E-state index in [9.17, 15) is 0 Å². The molecule has 135 valence electrons. The van der Waals surface area contributed by atoms with Crippen LogP contribution in [0.15, 0.2) is 46.1 Å². The molecule has 4 aliphatic carbocycles. The third-order valence-corrected chi connectivity index (χ3v) is 7.80. The van der Waals surface area contributed by atoms with E-state index in [0.717, 1.165) is 39.1 Å². The molecule has 0 heterocycles. The molecular formula is C22H33N2Zr. The number of hydrogen-bond donors (Lipinski definition) is 0. The van der Waals surface area contributed by atoms with Gasteiger partial charge in [0.05, 0.1) is 0 Å². The van der Waals surface area contributed by atoms with Crippen molar-refractivity contribution in [3.8, 4) is 0 Å². The summed E-state index contributed by atoms with van der Waals surface area (Å²) in [7, 11) is 0. The van der Waals surface area contributed by atoms with Gasteiger partial charge in [0, 0.05) is 0 Å². The molecule has 4 aliphatic rings. The van der Waals surface area contributed by atoms with E-state index in [2.05, 4.69) is 69.6 Å². The maximum absolute atomic E-state index is 2.74. The van der Waals surface area contributed by atoms with Gasteiger partial charge in [-0.05, 0) is 0 Å². The number of fused-ring (bicyclic) bond motifs is 1. The first kappa shape index (κ1) is 19.5. The summed E-state index contributed by atoms with van der Waals surface area (Å²) in [4.78, 5) is 5.36. The Morgan fingerprint density at radius 3 is 2.16 bits per heavy atom. The van der Waals surface area contributed by atoms with Crippen molar-refractivity contribution in [2.24, 2.45) is 0 Å². The molecule has 25 heavy (non-hydrogen) atoms. The van der Waals surface area contributed by atoms with E-state index in [4.69, 9.17) is 0 Å². The SMILES string of the molecule is CCN(CC)CC1(N(CC)CC)C2=C(C3=CC=CC3)[C](C)([Zr])C1=C2C. The molecule has 3 heteroatoms. The van der Waals surface area contributed by atoms with E-state index >= 15 is 0 Å². The zero-order valence-electron chi connectivity index (χ0n) is 16.9. The number of likely N-dealkylation sites (N-methyl/N-ethyl adjacent to an activating group) is 2. The third kappa shape index (κ3) is 2.60. The van der Waals surface area contributed by atoms with Gasteiger partial charge in [-0.3, -0.25) is 0 Å². The zero-order valence-corrected chi connectivity index (χ0v) is 19.3. The van der Waals surface area contributed by atoms with Gasteiger partial charge in [-0.25, -0.2) is 0 Å². The van der Waals surface area contributed by atoms with Crippen LogP contribution in [0.3, 0.4) is 0 Å². The van der Waals surface area contributed by atoms with E-state index in [1.165, 1.54) is 0 Å². The van der Waals surface area contributed by atoms with Gasteiger partial charge < -0.3 is 0 Å². The average molecular weight is 417 g/mol. The van der Waals surface area contributed by atoms with E-state index in [1.807, 2.05) is 0 Å². The normalized spacial score (nSPS) is 30.8. The first-order valence-electron chi connectivity index (χ1n) is 9.95. The second kappa shape index (κ2) is 7.06. The summed E-state index contributed by atoms with van der Waals surface area (Å²) in [6.07, 6.45) is 8.04.